The van der Waals surface area contributed by atoms with Gasteiger partial charge in [0.05, 0.1) is 7.11 Å². The van der Waals surface area contributed by atoms with Crippen molar-refractivity contribution in [2.75, 3.05) is 7.11 Å². The second-order valence-corrected chi connectivity index (χ2v) is 7.80. The Morgan fingerprint density at radius 1 is 1.27 bits per heavy atom. The van der Waals surface area contributed by atoms with E-state index in [0.29, 0.717) is 11.8 Å². The molecule has 122 valence electrons. The molecule has 0 radical (unpaired) electrons. The van der Waals surface area contributed by atoms with Crippen molar-refractivity contribution in [3.05, 3.63) is 23.3 Å². The number of rotatable bonds is 3. The first-order chi connectivity index (χ1) is 10.5. The molecule has 1 aromatic carbocycles. The first kappa shape index (κ1) is 15.7. The SMILES string of the molecule is CCCc1cc(OC)c2c(c1)OC(C)(C)C1CCC(C)CC21. The summed E-state index contributed by atoms with van der Waals surface area (Å²) in [7, 11) is 1.80. The van der Waals surface area contributed by atoms with E-state index in [1.807, 2.05) is 0 Å². The van der Waals surface area contributed by atoms with Crippen LogP contribution in [0, 0.1) is 11.8 Å². The lowest BCUT2D eigenvalue weighted by Gasteiger charge is -2.49. The second kappa shape index (κ2) is 5.79. The summed E-state index contributed by atoms with van der Waals surface area (Å²) < 4.78 is 12.2. The summed E-state index contributed by atoms with van der Waals surface area (Å²) >= 11 is 0. The normalized spacial score (nSPS) is 29.2. The lowest BCUT2D eigenvalue weighted by atomic mass is 9.64. The molecule has 3 rings (SSSR count). The van der Waals surface area contributed by atoms with Crippen molar-refractivity contribution in [3.8, 4) is 11.5 Å². The van der Waals surface area contributed by atoms with Gasteiger partial charge in [-0.05, 0) is 62.6 Å². The van der Waals surface area contributed by atoms with E-state index < -0.39 is 0 Å². The Labute approximate surface area is 135 Å². The Morgan fingerprint density at radius 3 is 2.73 bits per heavy atom. The predicted molar refractivity (Wildman–Crippen MR) is 90.9 cm³/mol. The van der Waals surface area contributed by atoms with E-state index in [4.69, 9.17) is 9.47 Å². The fourth-order valence-corrected chi connectivity index (χ4v) is 4.60. The van der Waals surface area contributed by atoms with Crippen molar-refractivity contribution >= 4 is 0 Å². The standard InChI is InChI=1S/C20H30O2/c1-6-7-14-11-17(21-5)19-15-10-13(2)8-9-16(15)20(3,4)22-18(19)12-14/h11-13,15-16H,6-10H2,1-5H3. The average Bonchev–Trinajstić information content (AvgIpc) is 2.45. The Morgan fingerprint density at radius 2 is 2.05 bits per heavy atom. The lowest BCUT2D eigenvalue weighted by molar-refractivity contribution is -0.0146. The highest BCUT2D eigenvalue weighted by molar-refractivity contribution is 5.52. The summed E-state index contributed by atoms with van der Waals surface area (Å²) in [4.78, 5) is 0. The third-order valence-corrected chi connectivity index (χ3v) is 5.67. The Hall–Kier alpha value is -1.18. The van der Waals surface area contributed by atoms with Gasteiger partial charge in [-0.2, -0.15) is 0 Å². The van der Waals surface area contributed by atoms with Gasteiger partial charge >= 0.3 is 0 Å². The summed E-state index contributed by atoms with van der Waals surface area (Å²) in [5.74, 6) is 4.09. The van der Waals surface area contributed by atoms with Gasteiger partial charge in [-0.1, -0.05) is 26.7 Å². The summed E-state index contributed by atoms with van der Waals surface area (Å²) in [6, 6.07) is 4.50. The van der Waals surface area contributed by atoms with E-state index >= 15 is 0 Å². The van der Waals surface area contributed by atoms with Crippen molar-refractivity contribution in [1.82, 2.24) is 0 Å². The van der Waals surface area contributed by atoms with Gasteiger partial charge in [-0.3, -0.25) is 0 Å². The minimum Gasteiger partial charge on any atom is -0.496 e. The number of ether oxygens (including phenoxy) is 2. The average molecular weight is 302 g/mol. The fraction of sp³-hybridized carbons (Fsp3) is 0.700. The molecule has 2 heteroatoms. The summed E-state index contributed by atoms with van der Waals surface area (Å²) in [6.45, 7) is 9.14. The van der Waals surface area contributed by atoms with Gasteiger partial charge in [0.2, 0.25) is 0 Å². The molecule has 0 amide bonds. The Kier molecular flexibility index (Phi) is 4.13. The van der Waals surface area contributed by atoms with Crippen LogP contribution in [-0.2, 0) is 6.42 Å². The largest absolute Gasteiger partial charge is 0.496 e. The zero-order chi connectivity index (χ0) is 15.9. The number of aryl methyl sites for hydroxylation is 1. The zero-order valence-corrected chi connectivity index (χ0v) is 14.7. The van der Waals surface area contributed by atoms with Crippen LogP contribution < -0.4 is 9.47 Å². The maximum Gasteiger partial charge on any atom is 0.127 e. The molecule has 1 aromatic rings. The summed E-state index contributed by atoms with van der Waals surface area (Å²) in [5, 5.41) is 0. The molecule has 2 nitrogen and oxygen atoms in total. The summed E-state index contributed by atoms with van der Waals surface area (Å²) in [5.41, 5.74) is 2.59. The maximum atomic E-state index is 6.47. The molecule has 2 aliphatic rings. The van der Waals surface area contributed by atoms with Gasteiger partial charge in [0.1, 0.15) is 17.1 Å². The van der Waals surface area contributed by atoms with Gasteiger partial charge in [-0.15, -0.1) is 0 Å². The number of hydrogen-bond donors (Lipinski definition) is 0. The van der Waals surface area contributed by atoms with Crippen LogP contribution in [0.15, 0.2) is 12.1 Å². The molecule has 22 heavy (non-hydrogen) atoms. The Bertz CT molecular complexity index is 547. The minimum absolute atomic E-state index is 0.0757. The molecule has 3 unspecified atom stereocenters. The van der Waals surface area contributed by atoms with Gasteiger partial charge in [0, 0.05) is 11.5 Å². The third kappa shape index (κ3) is 2.61. The van der Waals surface area contributed by atoms with Crippen LogP contribution in [0.25, 0.3) is 0 Å². The molecule has 1 saturated carbocycles. The van der Waals surface area contributed by atoms with E-state index in [1.165, 1.54) is 30.4 Å². The molecule has 1 heterocycles. The van der Waals surface area contributed by atoms with Crippen LogP contribution in [-0.4, -0.2) is 12.7 Å². The van der Waals surface area contributed by atoms with Gasteiger partial charge in [-0.25, -0.2) is 0 Å². The summed E-state index contributed by atoms with van der Waals surface area (Å²) in [6.07, 6.45) is 6.07. The molecule has 1 fully saturated rings. The van der Waals surface area contributed by atoms with Gasteiger partial charge in [0.15, 0.2) is 0 Å². The molecule has 0 spiro atoms. The van der Waals surface area contributed by atoms with Crippen LogP contribution >= 0.6 is 0 Å². The third-order valence-electron chi connectivity index (χ3n) is 5.67. The van der Waals surface area contributed by atoms with Crippen LogP contribution in [0.2, 0.25) is 0 Å². The molecule has 0 aromatic heterocycles. The van der Waals surface area contributed by atoms with Crippen molar-refractivity contribution in [3.63, 3.8) is 0 Å². The molecular formula is C20H30O2. The zero-order valence-electron chi connectivity index (χ0n) is 14.7. The van der Waals surface area contributed by atoms with E-state index in [0.717, 1.165) is 30.3 Å². The highest BCUT2D eigenvalue weighted by atomic mass is 16.5. The van der Waals surface area contributed by atoms with Crippen LogP contribution in [0.3, 0.4) is 0 Å². The van der Waals surface area contributed by atoms with Crippen molar-refractivity contribution in [1.29, 1.82) is 0 Å². The van der Waals surface area contributed by atoms with Gasteiger partial charge in [0.25, 0.3) is 0 Å². The van der Waals surface area contributed by atoms with E-state index in [9.17, 15) is 0 Å². The molecule has 1 aliphatic carbocycles. The molecular weight excluding hydrogens is 272 g/mol. The number of hydrogen-bond acceptors (Lipinski definition) is 2. The highest BCUT2D eigenvalue weighted by Crippen LogP contribution is 2.55. The predicted octanol–water partition coefficient (Wildman–Crippen LogP) is 5.34. The fourth-order valence-electron chi connectivity index (χ4n) is 4.60. The van der Waals surface area contributed by atoms with Crippen LogP contribution in [0.4, 0.5) is 0 Å². The second-order valence-electron chi connectivity index (χ2n) is 7.80. The number of methoxy groups -OCH3 is 1. The van der Waals surface area contributed by atoms with E-state index in [2.05, 4.69) is 39.8 Å². The monoisotopic (exact) mass is 302 g/mol. The molecule has 3 atom stereocenters. The molecule has 1 aliphatic heterocycles. The van der Waals surface area contributed by atoms with Crippen molar-refractivity contribution in [2.24, 2.45) is 11.8 Å². The Balaban J connectivity index is 2.10. The quantitative estimate of drug-likeness (QED) is 0.750. The van der Waals surface area contributed by atoms with E-state index in [1.54, 1.807) is 7.11 Å². The first-order valence-corrected chi connectivity index (χ1v) is 8.86. The van der Waals surface area contributed by atoms with Crippen molar-refractivity contribution in [2.45, 2.75) is 71.3 Å². The number of benzene rings is 1. The minimum atomic E-state index is -0.0757. The van der Waals surface area contributed by atoms with Gasteiger partial charge < -0.3 is 9.47 Å². The lowest BCUT2D eigenvalue weighted by Crippen LogP contribution is -2.46. The van der Waals surface area contributed by atoms with Crippen LogP contribution in [0.1, 0.15) is 70.4 Å². The van der Waals surface area contributed by atoms with Crippen LogP contribution in [0.5, 0.6) is 11.5 Å². The maximum absolute atomic E-state index is 6.47. The molecule has 0 bridgehead atoms. The molecule has 0 N–H and O–H groups in total. The topological polar surface area (TPSA) is 18.5 Å². The number of fused-ring (bicyclic) bond motifs is 3. The smallest absolute Gasteiger partial charge is 0.127 e. The first-order valence-electron chi connectivity index (χ1n) is 8.86. The van der Waals surface area contributed by atoms with E-state index in [-0.39, 0.29) is 5.60 Å². The highest BCUT2D eigenvalue weighted by Gasteiger charge is 2.47. The molecule has 0 saturated heterocycles. The van der Waals surface area contributed by atoms with Crippen molar-refractivity contribution < 1.29 is 9.47 Å².